The Morgan fingerprint density at radius 2 is 2.55 bits per heavy atom. The van der Waals surface area contributed by atoms with E-state index in [1.165, 1.54) is 0 Å². The molecule has 0 aromatic heterocycles. The summed E-state index contributed by atoms with van der Waals surface area (Å²) in [5.41, 5.74) is 0. The summed E-state index contributed by atoms with van der Waals surface area (Å²) in [6.45, 7) is 3.81. The Labute approximate surface area is 67.2 Å². The van der Waals surface area contributed by atoms with E-state index in [0.29, 0.717) is 0 Å². The highest BCUT2D eigenvalue weighted by atomic mass is 16.7. The van der Waals surface area contributed by atoms with Crippen molar-refractivity contribution < 1.29 is 9.94 Å². The second-order valence-electron chi connectivity index (χ2n) is 2.87. The van der Waals surface area contributed by atoms with Gasteiger partial charge in [0, 0.05) is 7.05 Å². The molecule has 2 atom stereocenters. The number of likely N-dealkylation sites (N-methyl/N-ethyl adjacent to an activating group) is 1. The Morgan fingerprint density at radius 3 is 3.00 bits per heavy atom. The van der Waals surface area contributed by atoms with E-state index < -0.39 is 0 Å². The molecule has 64 valence electrons. The van der Waals surface area contributed by atoms with Crippen molar-refractivity contribution in [1.29, 1.82) is 0 Å². The number of rotatable bonds is 3. The van der Waals surface area contributed by atoms with Gasteiger partial charge in [-0.2, -0.15) is 5.06 Å². The maximum absolute atomic E-state index is 8.87. The van der Waals surface area contributed by atoms with Crippen LogP contribution < -0.4 is 0 Å². The molecule has 1 rings (SSSR count). The van der Waals surface area contributed by atoms with E-state index in [1.807, 2.05) is 13.1 Å². The van der Waals surface area contributed by atoms with Gasteiger partial charge < -0.3 is 5.11 Å². The van der Waals surface area contributed by atoms with Gasteiger partial charge in [-0.1, -0.05) is 6.08 Å². The van der Waals surface area contributed by atoms with E-state index in [1.54, 1.807) is 5.06 Å². The molecule has 1 unspecified atom stereocenters. The fraction of sp³-hybridized carbons (Fsp3) is 0.750. The number of hydrogen-bond acceptors (Lipinski definition) is 3. The van der Waals surface area contributed by atoms with Crippen molar-refractivity contribution in [2.75, 3.05) is 13.7 Å². The lowest BCUT2D eigenvalue weighted by molar-refractivity contribution is -0.146. The monoisotopic (exact) mass is 157 g/mol. The van der Waals surface area contributed by atoms with Gasteiger partial charge in [-0.25, -0.2) is 0 Å². The van der Waals surface area contributed by atoms with Crippen molar-refractivity contribution in [3.63, 3.8) is 0 Å². The molecule has 1 saturated heterocycles. The first kappa shape index (κ1) is 8.71. The van der Waals surface area contributed by atoms with Crippen LogP contribution >= 0.6 is 0 Å². The molecular weight excluding hydrogens is 142 g/mol. The molecular formula is C8H15NO2. The van der Waals surface area contributed by atoms with Crippen molar-refractivity contribution in [1.82, 2.24) is 5.06 Å². The summed E-state index contributed by atoms with van der Waals surface area (Å²) >= 11 is 0. The molecule has 3 nitrogen and oxygen atoms in total. The van der Waals surface area contributed by atoms with Gasteiger partial charge in [0.2, 0.25) is 0 Å². The van der Waals surface area contributed by atoms with Gasteiger partial charge in [-0.3, -0.25) is 4.84 Å². The molecule has 1 aliphatic heterocycles. The molecule has 1 N–H and O–H groups in total. The fourth-order valence-electron chi connectivity index (χ4n) is 1.33. The van der Waals surface area contributed by atoms with E-state index >= 15 is 0 Å². The second kappa shape index (κ2) is 3.85. The third-order valence-corrected chi connectivity index (χ3v) is 2.00. The first-order valence-corrected chi connectivity index (χ1v) is 3.89. The minimum absolute atomic E-state index is 0.167. The normalized spacial score (nSPS) is 32.5. The number of aliphatic hydroxyl groups is 1. The van der Waals surface area contributed by atoms with E-state index in [0.717, 1.165) is 12.8 Å². The van der Waals surface area contributed by atoms with Crippen LogP contribution in [0.25, 0.3) is 0 Å². The van der Waals surface area contributed by atoms with Crippen LogP contribution in [0.2, 0.25) is 0 Å². The Bertz CT molecular complexity index is 138. The van der Waals surface area contributed by atoms with Crippen LogP contribution in [0.3, 0.4) is 0 Å². The highest BCUT2D eigenvalue weighted by Gasteiger charge is 2.28. The molecule has 0 aromatic rings. The molecule has 11 heavy (non-hydrogen) atoms. The molecule has 3 heteroatoms. The van der Waals surface area contributed by atoms with E-state index in [-0.39, 0.29) is 18.8 Å². The predicted molar refractivity (Wildman–Crippen MR) is 42.9 cm³/mol. The predicted octanol–water partition coefficient (Wildman–Crippen LogP) is 0.559. The molecule has 0 saturated carbocycles. The first-order chi connectivity index (χ1) is 5.27. The average Bonchev–Trinajstić information content (AvgIpc) is 2.32. The number of hydroxylamine groups is 2. The Hall–Kier alpha value is -0.380. The zero-order valence-corrected chi connectivity index (χ0v) is 6.86. The molecule has 0 spiro atoms. The summed E-state index contributed by atoms with van der Waals surface area (Å²) in [6, 6.07) is 0.167. The van der Waals surface area contributed by atoms with E-state index in [2.05, 4.69) is 6.58 Å². The lowest BCUT2D eigenvalue weighted by Gasteiger charge is -2.13. The highest BCUT2D eigenvalue weighted by molar-refractivity contribution is 4.81. The van der Waals surface area contributed by atoms with Gasteiger partial charge in [-0.15, -0.1) is 6.58 Å². The van der Waals surface area contributed by atoms with Crippen molar-refractivity contribution in [2.24, 2.45) is 0 Å². The molecule has 1 aliphatic rings. The SMILES string of the molecule is C=CCC1C[C@H](CO)N(C)O1. The maximum Gasteiger partial charge on any atom is 0.0844 e. The second-order valence-corrected chi connectivity index (χ2v) is 2.87. The Balaban J connectivity index is 2.36. The van der Waals surface area contributed by atoms with Crippen LogP contribution in [0.15, 0.2) is 12.7 Å². The average molecular weight is 157 g/mol. The summed E-state index contributed by atoms with van der Waals surface area (Å²) < 4.78 is 0. The van der Waals surface area contributed by atoms with Gasteiger partial charge in [-0.05, 0) is 12.8 Å². The highest BCUT2D eigenvalue weighted by Crippen LogP contribution is 2.20. The topological polar surface area (TPSA) is 32.7 Å². The number of hydrogen-bond donors (Lipinski definition) is 1. The third-order valence-electron chi connectivity index (χ3n) is 2.00. The zero-order valence-electron chi connectivity index (χ0n) is 6.86. The lowest BCUT2D eigenvalue weighted by atomic mass is 10.1. The molecule has 0 radical (unpaired) electrons. The van der Waals surface area contributed by atoms with E-state index in [4.69, 9.17) is 9.94 Å². The summed E-state index contributed by atoms with van der Waals surface area (Å²) in [5, 5.41) is 10.6. The Morgan fingerprint density at radius 1 is 1.82 bits per heavy atom. The third kappa shape index (κ3) is 2.02. The molecule has 0 aliphatic carbocycles. The standard InChI is InChI=1S/C8H15NO2/c1-3-4-8-5-7(6-10)9(2)11-8/h3,7-8,10H,1,4-6H2,2H3/t7-,8?/m1/s1. The lowest BCUT2D eigenvalue weighted by Crippen LogP contribution is -2.26. The minimum atomic E-state index is 0.167. The van der Waals surface area contributed by atoms with Crippen molar-refractivity contribution in [3.05, 3.63) is 12.7 Å². The maximum atomic E-state index is 8.87. The quantitative estimate of drug-likeness (QED) is 0.607. The smallest absolute Gasteiger partial charge is 0.0844 e. The first-order valence-electron chi connectivity index (χ1n) is 3.89. The van der Waals surface area contributed by atoms with Crippen LogP contribution in [-0.4, -0.2) is 36.0 Å². The molecule has 0 bridgehead atoms. The summed E-state index contributed by atoms with van der Waals surface area (Å²) in [4.78, 5) is 5.41. The zero-order chi connectivity index (χ0) is 8.27. The van der Waals surface area contributed by atoms with Crippen LogP contribution in [0, 0.1) is 0 Å². The number of nitrogens with zero attached hydrogens (tertiary/aromatic N) is 1. The van der Waals surface area contributed by atoms with Crippen LogP contribution in [0.5, 0.6) is 0 Å². The fourth-order valence-corrected chi connectivity index (χ4v) is 1.33. The van der Waals surface area contributed by atoms with Crippen LogP contribution in [-0.2, 0) is 4.84 Å². The van der Waals surface area contributed by atoms with Gasteiger partial charge in [0.05, 0.1) is 18.8 Å². The summed E-state index contributed by atoms with van der Waals surface area (Å²) in [5.74, 6) is 0. The molecule has 1 fully saturated rings. The molecule has 1 heterocycles. The van der Waals surface area contributed by atoms with E-state index in [9.17, 15) is 0 Å². The van der Waals surface area contributed by atoms with Crippen LogP contribution in [0.4, 0.5) is 0 Å². The van der Waals surface area contributed by atoms with Crippen molar-refractivity contribution in [3.8, 4) is 0 Å². The molecule has 0 amide bonds. The summed E-state index contributed by atoms with van der Waals surface area (Å²) in [6.07, 6.45) is 3.83. The van der Waals surface area contributed by atoms with Gasteiger partial charge in [0.15, 0.2) is 0 Å². The summed E-state index contributed by atoms with van der Waals surface area (Å²) in [7, 11) is 1.85. The van der Waals surface area contributed by atoms with Crippen molar-refractivity contribution >= 4 is 0 Å². The number of aliphatic hydroxyl groups excluding tert-OH is 1. The van der Waals surface area contributed by atoms with Gasteiger partial charge in [0.25, 0.3) is 0 Å². The Kier molecular flexibility index (Phi) is 3.05. The van der Waals surface area contributed by atoms with Gasteiger partial charge >= 0.3 is 0 Å². The van der Waals surface area contributed by atoms with Gasteiger partial charge in [0.1, 0.15) is 0 Å². The minimum Gasteiger partial charge on any atom is -0.395 e. The molecule has 0 aromatic carbocycles. The largest absolute Gasteiger partial charge is 0.395 e. The van der Waals surface area contributed by atoms with Crippen molar-refractivity contribution in [2.45, 2.75) is 25.0 Å². The van der Waals surface area contributed by atoms with Crippen LogP contribution in [0.1, 0.15) is 12.8 Å².